The van der Waals surface area contributed by atoms with Crippen LogP contribution >= 0.6 is 12.4 Å². The van der Waals surface area contributed by atoms with Gasteiger partial charge >= 0.3 is 0 Å². The second-order valence-electron chi connectivity index (χ2n) is 9.46. The summed E-state index contributed by atoms with van der Waals surface area (Å²) in [6.45, 7) is 5.06. The highest BCUT2D eigenvalue weighted by atomic mass is 35.5. The summed E-state index contributed by atoms with van der Waals surface area (Å²) in [5.74, 6) is 0.936. The molecule has 1 heterocycles. The summed E-state index contributed by atoms with van der Waals surface area (Å²) in [4.78, 5) is 2.37. The second-order valence-corrected chi connectivity index (χ2v) is 11.6. The van der Waals surface area contributed by atoms with Crippen molar-refractivity contribution >= 4 is 22.2 Å². The van der Waals surface area contributed by atoms with E-state index in [0.717, 1.165) is 38.9 Å². The van der Waals surface area contributed by atoms with Gasteiger partial charge in [0.15, 0.2) is 9.84 Å². The minimum atomic E-state index is -3.13. The summed E-state index contributed by atoms with van der Waals surface area (Å²) < 4.78 is 25.8. The van der Waals surface area contributed by atoms with Gasteiger partial charge in [0, 0.05) is 18.8 Å². The molecule has 1 N–H and O–H groups in total. The third kappa shape index (κ3) is 5.75. The lowest BCUT2D eigenvalue weighted by molar-refractivity contribution is 0.125. The Hall–Kier alpha value is -0.620. The fraction of sp³-hybridized carbons (Fsp3) is 0.739. The van der Waals surface area contributed by atoms with E-state index in [-0.39, 0.29) is 29.7 Å². The number of piperidine rings is 1. The van der Waals surface area contributed by atoms with Gasteiger partial charge in [0.1, 0.15) is 5.37 Å². The Bertz CT molecular complexity index is 788. The van der Waals surface area contributed by atoms with Gasteiger partial charge in [0.05, 0.1) is 0 Å². The molecule has 2 fully saturated rings. The molecule has 29 heavy (non-hydrogen) atoms. The number of benzene rings is 1. The van der Waals surface area contributed by atoms with E-state index in [1.807, 2.05) is 0 Å². The number of sulfone groups is 1. The third-order valence-electron chi connectivity index (χ3n) is 6.98. The van der Waals surface area contributed by atoms with Crippen LogP contribution in [0.3, 0.4) is 0 Å². The molecule has 0 bridgehead atoms. The van der Waals surface area contributed by atoms with Crippen molar-refractivity contribution in [1.29, 1.82) is 0 Å². The molecule has 0 amide bonds. The standard InChI is InChI=1S/C23H36N2O2S.ClH/c1-17(14-19-8-9-20-4-3-5-22(20)15-19)25(16-18-6-7-18)23(28(2,26)27)21-10-12-24-13-11-21;/h8-9,15,17-18,21,23-24H,3-7,10-14,16H2,1-2H3;1H. The largest absolute Gasteiger partial charge is 0.317 e. The summed E-state index contributed by atoms with van der Waals surface area (Å²) in [5, 5.41) is 3.06. The average Bonchev–Trinajstić information content (AvgIpc) is 3.35. The third-order valence-corrected chi connectivity index (χ3v) is 8.51. The van der Waals surface area contributed by atoms with Crippen molar-refractivity contribution in [2.45, 2.75) is 69.7 Å². The van der Waals surface area contributed by atoms with Crippen molar-refractivity contribution in [1.82, 2.24) is 10.2 Å². The van der Waals surface area contributed by atoms with Crippen molar-refractivity contribution in [3.05, 3.63) is 34.9 Å². The van der Waals surface area contributed by atoms with Crippen LogP contribution in [0.2, 0.25) is 0 Å². The lowest BCUT2D eigenvalue weighted by Crippen LogP contribution is -2.53. The number of hydrogen-bond donors (Lipinski definition) is 1. The molecule has 1 aromatic rings. The molecule has 1 saturated carbocycles. The topological polar surface area (TPSA) is 49.4 Å². The van der Waals surface area contributed by atoms with Crippen LogP contribution in [-0.4, -0.2) is 50.6 Å². The first kappa shape index (κ1) is 23.1. The fourth-order valence-corrected chi connectivity index (χ4v) is 7.10. The monoisotopic (exact) mass is 440 g/mol. The van der Waals surface area contributed by atoms with E-state index in [9.17, 15) is 8.42 Å². The maximum Gasteiger partial charge on any atom is 0.163 e. The maximum atomic E-state index is 12.9. The number of nitrogens with zero attached hydrogens (tertiary/aromatic N) is 1. The van der Waals surface area contributed by atoms with Gasteiger partial charge in [-0.25, -0.2) is 8.42 Å². The normalized spacial score (nSPS) is 22.2. The summed E-state index contributed by atoms with van der Waals surface area (Å²) in [6, 6.07) is 7.20. The van der Waals surface area contributed by atoms with Gasteiger partial charge in [-0.3, -0.25) is 4.90 Å². The number of hydrogen-bond acceptors (Lipinski definition) is 4. The SMILES string of the molecule is CC(Cc1ccc2c(c1)CCC2)N(CC1CC1)C(C1CCNCC1)S(C)(=O)=O.Cl. The molecule has 6 heteroatoms. The van der Waals surface area contributed by atoms with Crippen LogP contribution in [0.1, 0.15) is 55.7 Å². The maximum absolute atomic E-state index is 12.9. The molecule has 1 saturated heterocycles. The summed E-state index contributed by atoms with van der Waals surface area (Å²) in [6.07, 6.45) is 10.5. The number of halogens is 1. The quantitative estimate of drug-likeness (QED) is 0.670. The molecule has 1 aliphatic heterocycles. The first-order chi connectivity index (χ1) is 13.4. The average molecular weight is 441 g/mol. The highest BCUT2D eigenvalue weighted by molar-refractivity contribution is 7.91. The minimum Gasteiger partial charge on any atom is -0.317 e. The Morgan fingerprint density at radius 3 is 2.45 bits per heavy atom. The Kier molecular flexibility index (Phi) is 7.69. The van der Waals surface area contributed by atoms with E-state index < -0.39 is 9.84 Å². The van der Waals surface area contributed by atoms with Gasteiger partial charge in [-0.15, -0.1) is 12.4 Å². The second kappa shape index (κ2) is 9.67. The Labute approximate surface area is 183 Å². The van der Waals surface area contributed by atoms with Crippen LogP contribution in [0.4, 0.5) is 0 Å². The minimum absolute atomic E-state index is 0. The smallest absolute Gasteiger partial charge is 0.163 e. The van der Waals surface area contributed by atoms with Crippen LogP contribution in [0.5, 0.6) is 0 Å². The zero-order valence-electron chi connectivity index (χ0n) is 17.9. The van der Waals surface area contributed by atoms with E-state index in [1.54, 1.807) is 0 Å². The van der Waals surface area contributed by atoms with Crippen LogP contribution in [-0.2, 0) is 29.1 Å². The number of aryl methyl sites for hydroxylation is 2. The van der Waals surface area contributed by atoms with Gasteiger partial charge in [-0.05, 0) is 99.9 Å². The molecule has 0 spiro atoms. The predicted octanol–water partition coefficient (Wildman–Crippen LogP) is 3.61. The summed E-state index contributed by atoms with van der Waals surface area (Å²) in [5.41, 5.74) is 4.39. The van der Waals surface area contributed by atoms with Crippen molar-refractivity contribution < 1.29 is 8.42 Å². The first-order valence-corrected chi connectivity index (χ1v) is 13.1. The molecule has 164 valence electrons. The van der Waals surface area contributed by atoms with Crippen LogP contribution < -0.4 is 5.32 Å². The van der Waals surface area contributed by atoms with E-state index in [2.05, 4.69) is 35.3 Å². The molecule has 0 aromatic heterocycles. The van der Waals surface area contributed by atoms with Gasteiger partial charge in [-0.1, -0.05) is 18.2 Å². The van der Waals surface area contributed by atoms with Gasteiger partial charge in [-0.2, -0.15) is 0 Å². The molecule has 2 unspecified atom stereocenters. The Morgan fingerprint density at radius 2 is 1.79 bits per heavy atom. The van der Waals surface area contributed by atoms with Crippen molar-refractivity contribution in [2.24, 2.45) is 11.8 Å². The zero-order chi connectivity index (χ0) is 19.7. The van der Waals surface area contributed by atoms with E-state index >= 15 is 0 Å². The number of nitrogens with one attached hydrogen (secondary N) is 1. The van der Waals surface area contributed by atoms with E-state index in [1.165, 1.54) is 55.1 Å². The fourth-order valence-electron chi connectivity index (χ4n) is 5.34. The van der Waals surface area contributed by atoms with Gasteiger partial charge in [0.25, 0.3) is 0 Å². The Balaban J connectivity index is 0.00000240. The van der Waals surface area contributed by atoms with Crippen molar-refractivity contribution in [3.8, 4) is 0 Å². The first-order valence-electron chi connectivity index (χ1n) is 11.2. The number of rotatable bonds is 8. The molecule has 2 aliphatic carbocycles. The predicted molar refractivity (Wildman–Crippen MR) is 123 cm³/mol. The molecule has 3 aliphatic rings. The van der Waals surface area contributed by atoms with Gasteiger partial charge < -0.3 is 5.32 Å². The molecule has 0 radical (unpaired) electrons. The molecule has 4 nitrogen and oxygen atoms in total. The molecular formula is C23H37ClN2O2S. The van der Waals surface area contributed by atoms with Crippen LogP contribution in [0.15, 0.2) is 18.2 Å². The summed E-state index contributed by atoms with van der Waals surface area (Å²) >= 11 is 0. The lowest BCUT2D eigenvalue weighted by Gasteiger charge is -2.41. The molecule has 4 rings (SSSR count). The Morgan fingerprint density at radius 1 is 1.10 bits per heavy atom. The van der Waals surface area contributed by atoms with Crippen LogP contribution in [0.25, 0.3) is 0 Å². The molecular weight excluding hydrogens is 404 g/mol. The molecule has 2 atom stereocenters. The lowest BCUT2D eigenvalue weighted by atomic mass is 9.95. The van der Waals surface area contributed by atoms with Gasteiger partial charge in [0.2, 0.25) is 0 Å². The summed E-state index contributed by atoms with van der Waals surface area (Å²) in [7, 11) is -3.13. The highest BCUT2D eigenvalue weighted by Gasteiger charge is 2.40. The van der Waals surface area contributed by atoms with Crippen molar-refractivity contribution in [2.75, 3.05) is 25.9 Å². The zero-order valence-corrected chi connectivity index (χ0v) is 19.5. The number of fused-ring (bicyclic) bond motifs is 1. The van der Waals surface area contributed by atoms with Crippen LogP contribution in [0, 0.1) is 11.8 Å². The molecule has 1 aromatic carbocycles. The van der Waals surface area contributed by atoms with Crippen molar-refractivity contribution in [3.63, 3.8) is 0 Å². The van der Waals surface area contributed by atoms with E-state index in [0.29, 0.717) is 5.92 Å². The highest BCUT2D eigenvalue weighted by Crippen LogP contribution is 2.35. The van der Waals surface area contributed by atoms with E-state index in [4.69, 9.17) is 0 Å².